The van der Waals surface area contributed by atoms with E-state index in [1.807, 2.05) is 0 Å². The Labute approximate surface area is 171 Å². The van der Waals surface area contributed by atoms with Crippen molar-refractivity contribution in [1.82, 2.24) is 19.6 Å². The monoisotopic (exact) mass is 384 g/mol. The van der Waals surface area contributed by atoms with Gasteiger partial charge in [-0.3, -0.25) is 0 Å². The smallest absolute Gasteiger partial charge is 0.300 e. The lowest BCUT2D eigenvalue weighted by Gasteiger charge is -2.30. The molecule has 3 saturated heterocycles. The normalized spacial score (nSPS) is 21.6. The lowest BCUT2D eigenvalue weighted by Crippen LogP contribution is -2.34. The van der Waals surface area contributed by atoms with Gasteiger partial charge >= 0.3 is 5.70 Å². The maximum Gasteiger partial charge on any atom is 0.300 e. The van der Waals surface area contributed by atoms with Crippen LogP contribution in [0.15, 0.2) is 11.5 Å². The van der Waals surface area contributed by atoms with Crippen LogP contribution in [0.1, 0.15) is 51.4 Å². The summed E-state index contributed by atoms with van der Waals surface area (Å²) < 4.78 is 0. The van der Waals surface area contributed by atoms with Gasteiger partial charge in [-0.05, 0) is 77.8 Å². The van der Waals surface area contributed by atoms with Gasteiger partial charge in [0.2, 0.25) is 0 Å². The van der Waals surface area contributed by atoms with Crippen LogP contribution in [0.5, 0.6) is 0 Å². The van der Waals surface area contributed by atoms with Crippen molar-refractivity contribution in [3.05, 3.63) is 22.9 Å². The number of piperidine rings is 2. The lowest BCUT2D eigenvalue weighted by molar-refractivity contribution is 0.209. The highest BCUT2D eigenvalue weighted by atomic mass is 15.4. The summed E-state index contributed by atoms with van der Waals surface area (Å²) >= 11 is 0. The second-order valence-electron chi connectivity index (χ2n) is 8.38. The summed E-state index contributed by atoms with van der Waals surface area (Å²) in [5.41, 5.74) is 0.272. The molecule has 3 fully saturated rings. The van der Waals surface area contributed by atoms with Crippen molar-refractivity contribution in [3.8, 4) is 6.07 Å². The Hall–Kier alpha value is -1.76. The van der Waals surface area contributed by atoms with E-state index in [-0.39, 0.29) is 5.70 Å². The molecule has 0 aliphatic carbocycles. The fourth-order valence-corrected chi connectivity index (χ4v) is 4.85. The number of hydrogen-bond acceptors (Lipinski definition) is 5. The van der Waals surface area contributed by atoms with Crippen molar-refractivity contribution < 1.29 is 0 Å². The van der Waals surface area contributed by atoms with Crippen LogP contribution in [-0.2, 0) is 0 Å². The van der Waals surface area contributed by atoms with Crippen LogP contribution in [-0.4, -0.2) is 85.0 Å². The third kappa shape index (κ3) is 5.87. The third-order valence-electron chi connectivity index (χ3n) is 6.37. The Balaban J connectivity index is 1.50. The first-order valence-corrected chi connectivity index (χ1v) is 11.3. The lowest BCUT2D eigenvalue weighted by atomic mass is 10.1. The molecule has 0 aromatic carbocycles. The van der Waals surface area contributed by atoms with Crippen molar-refractivity contribution in [2.75, 3.05) is 65.4 Å². The predicted octanol–water partition coefficient (Wildman–Crippen LogP) is 2.97. The average Bonchev–Trinajstić information content (AvgIpc) is 3.13. The first-order chi connectivity index (χ1) is 13.8. The van der Waals surface area contributed by atoms with Crippen LogP contribution >= 0.6 is 0 Å². The van der Waals surface area contributed by atoms with Gasteiger partial charge in [0.1, 0.15) is 5.82 Å². The van der Waals surface area contributed by atoms with Gasteiger partial charge < -0.3 is 19.6 Å². The first kappa shape index (κ1) is 21.0. The summed E-state index contributed by atoms with van der Waals surface area (Å²) in [6.07, 6.45) is 10.3. The van der Waals surface area contributed by atoms with Crippen LogP contribution in [0.3, 0.4) is 0 Å². The highest BCUT2D eigenvalue weighted by Crippen LogP contribution is 2.24. The molecule has 0 spiro atoms. The molecule has 3 aliphatic heterocycles. The van der Waals surface area contributed by atoms with Gasteiger partial charge in [0.25, 0.3) is 0 Å². The molecular formula is C22H36N6. The van der Waals surface area contributed by atoms with Gasteiger partial charge in [-0.15, -0.1) is 0 Å². The fraction of sp³-hybridized carbons (Fsp3) is 0.818. The second kappa shape index (κ2) is 11.3. The number of rotatable bonds is 8. The molecule has 0 aromatic heterocycles. The molecule has 0 atom stereocenters. The van der Waals surface area contributed by atoms with E-state index in [2.05, 4.69) is 30.5 Å². The molecule has 0 bridgehead atoms. The van der Waals surface area contributed by atoms with Gasteiger partial charge in [0.05, 0.1) is 12.6 Å². The minimum Gasteiger partial charge on any atom is -0.365 e. The highest BCUT2D eigenvalue weighted by molar-refractivity contribution is 5.33. The molecule has 0 aromatic rings. The maximum absolute atomic E-state index is 9.49. The average molecular weight is 385 g/mol. The number of nitrogens with zero attached hydrogens (tertiary/aromatic N) is 6. The van der Waals surface area contributed by atoms with Gasteiger partial charge in [-0.2, -0.15) is 0 Å². The Morgan fingerprint density at radius 1 is 0.750 bits per heavy atom. The Morgan fingerprint density at radius 3 is 1.61 bits per heavy atom. The molecular weight excluding hydrogens is 348 g/mol. The molecule has 0 amide bonds. The maximum atomic E-state index is 9.49. The summed E-state index contributed by atoms with van der Waals surface area (Å²) in [7, 11) is 0. The van der Waals surface area contributed by atoms with E-state index in [0.29, 0.717) is 0 Å². The molecule has 3 heterocycles. The van der Waals surface area contributed by atoms with Crippen LogP contribution < -0.4 is 0 Å². The summed E-state index contributed by atoms with van der Waals surface area (Å²) in [6, 6.07) is 2.15. The first-order valence-electron chi connectivity index (χ1n) is 11.3. The van der Waals surface area contributed by atoms with E-state index in [1.54, 1.807) is 0 Å². The predicted molar refractivity (Wildman–Crippen MR) is 112 cm³/mol. The van der Waals surface area contributed by atoms with E-state index >= 15 is 0 Å². The van der Waals surface area contributed by atoms with E-state index in [9.17, 15) is 5.26 Å². The van der Waals surface area contributed by atoms with Crippen LogP contribution in [0, 0.1) is 17.9 Å². The summed E-state index contributed by atoms with van der Waals surface area (Å²) in [5.74, 6) is 0.898. The van der Waals surface area contributed by atoms with E-state index < -0.39 is 0 Å². The molecule has 0 N–H and O–H groups in total. The molecule has 3 aliphatic rings. The van der Waals surface area contributed by atoms with E-state index in [1.165, 1.54) is 64.7 Å². The Bertz CT molecular complexity index is 539. The zero-order valence-corrected chi connectivity index (χ0v) is 17.4. The van der Waals surface area contributed by atoms with Crippen molar-refractivity contribution >= 4 is 0 Å². The summed E-state index contributed by atoms with van der Waals surface area (Å²) in [4.78, 5) is 13.3. The van der Waals surface area contributed by atoms with Crippen molar-refractivity contribution in [2.45, 2.75) is 51.4 Å². The molecule has 0 saturated carbocycles. The molecule has 0 unspecified atom stereocenters. The van der Waals surface area contributed by atoms with Crippen molar-refractivity contribution in [2.24, 2.45) is 0 Å². The third-order valence-corrected chi connectivity index (χ3v) is 6.37. The van der Waals surface area contributed by atoms with Gasteiger partial charge in [0, 0.05) is 26.2 Å². The molecule has 28 heavy (non-hydrogen) atoms. The molecule has 0 radical (unpaired) electrons. The van der Waals surface area contributed by atoms with E-state index in [4.69, 9.17) is 6.57 Å². The summed E-state index contributed by atoms with van der Waals surface area (Å²) in [6.45, 7) is 18.5. The van der Waals surface area contributed by atoms with Crippen molar-refractivity contribution in [1.29, 1.82) is 5.26 Å². The Morgan fingerprint density at radius 2 is 1.21 bits per heavy atom. The molecule has 154 valence electrons. The number of nitriles is 1. The fourth-order valence-electron chi connectivity index (χ4n) is 4.85. The second-order valence-corrected chi connectivity index (χ2v) is 8.38. The van der Waals surface area contributed by atoms with Crippen LogP contribution in [0.4, 0.5) is 0 Å². The topological polar surface area (TPSA) is 41.1 Å². The minimum atomic E-state index is 0.272. The standard InChI is InChI=1S/C22H36N6/c1-24-21(20-23)22-27(16-8-14-25-10-4-2-5-11-25)18-19-28(22)17-9-15-26-12-6-3-7-13-26/h2-19H2. The van der Waals surface area contributed by atoms with Crippen molar-refractivity contribution in [3.63, 3.8) is 0 Å². The molecule has 6 nitrogen and oxygen atoms in total. The van der Waals surface area contributed by atoms with Crippen LogP contribution in [0.2, 0.25) is 0 Å². The Kier molecular flexibility index (Phi) is 8.45. The quantitative estimate of drug-likeness (QED) is 0.475. The van der Waals surface area contributed by atoms with Crippen LogP contribution in [0.25, 0.3) is 4.85 Å². The van der Waals surface area contributed by atoms with E-state index in [0.717, 1.165) is 57.9 Å². The highest BCUT2D eigenvalue weighted by Gasteiger charge is 2.28. The van der Waals surface area contributed by atoms with Gasteiger partial charge in [-0.1, -0.05) is 12.8 Å². The SMILES string of the molecule is [C-]#[N+]C(C#N)=C1N(CCCN2CCCCC2)CCN1CCCN1CCCCC1. The largest absolute Gasteiger partial charge is 0.365 e. The zero-order chi connectivity index (χ0) is 19.6. The van der Waals surface area contributed by atoms with Gasteiger partial charge in [-0.25, -0.2) is 10.1 Å². The molecule has 3 rings (SSSR count). The molecule has 6 heteroatoms. The number of hydrogen-bond donors (Lipinski definition) is 0. The summed E-state index contributed by atoms with van der Waals surface area (Å²) in [5, 5.41) is 9.49. The zero-order valence-electron chi connectivity index (χ0n) is 17.4. The van der Waals surface area contributed by atoms with Gasteiger partial charge in [0.15, 0.2) is 0 Å². The number of allylic oxidation sites excluding steroid dienone is 1. The number of likely N-dealkylation sites (tertiary alicyclic amines) is 2. The minimum absolute atomic E-state index is 0.272.